The van der Waals surface area contributed by atoms with E-state index in [0.717, 1.165) is 0 Å². The molecule has 0 aromatic heterocycles. The van der Waals surface area contributed by atoms with Gasteiger partial charge in [-0.3, -0.25) is 0 Å². The lowest BCUT2D eigenvalue weighted by molar-refractivity contribution is 0.0909. The third kappa shape index (κ3) is 7.84. The van der Waals surface area contributed by atoms with Gasteiger partial charge in [-0.1, -0.05) is 0 Å². The predicted octanol–water partition coefficient (Wildman–Crippen LogP) is 0.711. The van der Waals surface area contributed by atoms with E-state index in [4.69, 9.17) is 4.74 Å². The highest BCUT2D eigenvalue weighted by Gasteiger charge is 2.06. The van der Waals surface area contributed by atoms with Gasteiger partial charge in [-0.2, -0.15) is 8.42 Å². The van der Waals surface area contributed by atoms with Crippen LogP contribution in [0.5, 0.6) is 0 Å². The molecule has 0 rings (SSSR count). The molecule has 5 heteroatoms. The molecule has 0 aliphatic carbocycles. The quantitative estimate of drug-likeness (QED) is 0.583. The maximum atomic E-state index is 11.7. The smallest absolute Gasteiger partial charge is 0.304 e. The highest BCUT2D eigenvalue weighted by Crippen LogP contribution is 1.93. The summed E-state index contributed by atoms with van der Waals surface area (Å²) < 4.78 is 36.3. The van der Waals surface area contributed by atoms with Crippen LogP contribution in [0.3, 0.4) is 0 Å². The first-order valence-corrected chi connectivity index (χ1v) is 4.51. The molecule has 0 aliphatic heterocycles. The van der Waals surface area contributed by atoms with E-state index in [1.54, 1.807) is 13.8 Å². The van der Waals surface area contributed by atoms with Crippen LogP contribution in [-0.2, 0) is 15.0 Å². The molecule has 0 bridgehead atoms. The van der Waals surface area contributed by atoms with E-state index in [2.05, 4.69) is 0 Å². The van der Waals surface area contributed by atoms with E-state index >= 15 is 0 Å². The van der Waals surface area contributed by atoms with Crippen molar-refractivity contribution in [2.45, 2.75) is 20.0 Å². The Labute approximate surface area is 60.4 Å². The van der Waals surface area contributed by atoms with E-state index < -0.39 is 16.0 Å². The summed E-state index contributed by atoms with van der Waals surface area (Å²) in [5.74, 6) is -0.550. The van der Waals surface area contributed by atoms with Gasteiger partial charge in [0, 0.05) is 0 Å². The van der Waals surface area contributed by atoms with Crippen LogP contribution in [0.15, 0.2) is 0 Å². The highest BCUT2D eigenvalue weighted by molar-refractivity contribution is 7.86. The van der Waals surface area contributed by atoms with Gasteiger partial charge < -0.3 is 4.74 Å². The molecule has 0 atom stereocenters. The van der Waals surface area contributed by atoms with Crippen LogP contribution in [0.1, 0.15) is 13.8 Å². The summed E-state index contributed by atoms with van der Waals surface area (Å²) in [6.45, 7) is 3.44. The number of ether oxygens (including phenoxy) is 1. The first-order valence-electron chi connectivity index (χ1n) is 2.96. The van der Waals surface area contributed by atoms with E-state index in [-0.39, 0.29) is 12.7 Å². The lowest BCUT2D eigenvalue weighted by Crippen LogP contribution is -2.11. The first kappa shape index (κ1) is 9.84. The molecule has 10 heavy (non-hydrogen) atoms. The fraction of sp³-hybridized carbons (Fsp3) is 1.00. The van der Waals surface area contributed by atoms with Crippen molar-refractivity contribution in [2.75, 3.05) is 12.4 Å². The third-order valence-corrected chi connectivity index (χ3v) is 1.43. The molecule has 0 amide bonds. The van der Waals surface area contributed by atoms with Crippen molar-refractivity contribution in [3.05, 3.63) is 0 Å². The lowest BCUT2D eigenvalue weighted by Gasteiger charge is -2.03. The Morgan fingerprint density at radius 3 is 2.30 bits per heavy atom. The van der Waals surface area contributed by atoms with Crippen LogP contribution in [-0.4, -0.2) is 26.9 Å². The normalized spacial score (nSPS) is 12.4. The van der Waals surface area contributed by atoms with Crippen LogP contribution >= 0.6 is 0 Å². The van der Waals surface area contributed by atoms with Crippen LogP contribution in [0, 0.1) is 0 Å². The Bertz CT molecular complexity index is 173. The molecule has 0 heterocycles. The molecule has 0 fully saturated rings. The molecule has 0 saturated carbocycles. The molecule has 0 N–H and O–H groups in total. The standard InChI is InChI=1S/C5H11FO3S/c1-5(2)9-3-4-10(6,7)8/h5H,3-4H2,1-2H3. The van der Waals surface area contributed by atoms with Crippen molar-refractivity contribution in [2.24, 2.45) is 0 Å². The van der Waals surface area contributed by atoms with Gasteiger partial charge >= 0.3 is 10.2 Å². The summed E-state index contributed by atoms with van der Waals surface area (Å²) in [6.07, 6.45) is -0.0539. The number of halogens is 1. The minimum absolute atomic E-state index is 0.0539. The average molecular weight is 170 g/mol. The molecular formula is C5H11FO3S. The molecule has 62 valence electrons. The molecule has 0 aliphatic rings. The lowest BCUT2D eigenvalue weighted by atomic mass is 10.5. The Balaban J connectivity index is 3.39. The zero-order valence-electron chi connectivity index (χ0n) is 6.00. The Morgan fingerprint density at radius 1 is 1.50 bits per heavy atom. The van der Waals surface area contributed by atoms with Crippen LogP contribution in [0.4, 0.5) is 3.89 Å². The molecule has 0 saturated heterocycles. The zero-order chi connectivity index (χ0) is 8.20. The fourth-order valence-electron chi connectivity index (χ4n) is 0.383. The van der Waals surface area contributed by atoms with Gasteiger partial charge in [-0.05, 0) is 13.8 Å². The SMILES string of the molecule is CC(C)OCCS(=O)(=O)F. The number of rotatable bonds is 4. The topological polar surface area (TPSA) is 43.4 Å². The van der Waals surface area contributed by atoms with Gasteiger partial charge in [0.25, 0.3) is 0 Å². The van der Waals surface area contributed by atoms with Crippen molar-refractivity contribution in [3.63, 3.8) is 0 Å². The zero-order valence-corrected chi connectivity index (χ0v) is 6.82. The molecule has 3 nitrogen and oxygen atoms in total. The Hall–Kier alpha value is -0.160. The average Bonchev–Trinajstić information content (AvgIpc) is 1.59. The maximum absolute atomic E-state index is 11.7. The van der Waals surface area contributed by atoms with Gasteiger partial charge in [0.05, 0.1) is 12.7 Å². The molecule has 0 aromatic carbocycles. The maximum Gasteiger partial charge on any atom is 0.304 e. The van der Waals surface area contributed by atoms with Crippen molar-refractivity contribution in [1.82, 2.24) is 0 Å². The summed E-state index contributed by atoms with van der Waals surface area (Å²) in [5, 5.41) is 0. The van der Waals surface area contributed by atoms with E-state index in [1.165, 1.54) is 0 Å². The van der Waals surface area contributed by atoms with Crippen molar-refractivity contribution < 1.29 is 17.0 Å². The van der Waals surface area contributed by atoms with Crippen molar-refractivity contribution in [1.29, 1.82) is 0 Å². The van der Waals surface area contributed by atoms with Crippen molar-refractivity contribution >= 4 is 10.2 Å². The van der Waals surface area contributed by atoms with E-state index in [1.807, 2.05) is 0 Å². The van der Waals surface area contributed by atoms with Crippen LogP contribution in [0.25, 0.3) is 0 Å². The summed E-state index contributed by atoms with van der Waals surface area (Å²) in [4.78, 5) is 0. The molecular weight excluding hydrogens is 159 g/mol. The molecule has 0 aromatic rings. The van der Waals surface area contributed by atoms with Crippen LogP contribution in [0.2, 0.25) is 0 Å². The van der Waals surface area contributed by atoms with E-state index in [9.17, 15) is 12.3 Å². The molecule has 0 radical (unpaired) electrons. The van der Waals surface area contributed by atoms with Gasteiger partial charge in [0.15, 0.2) is 0 Å². The Morgan fingerprint density at radius 2 is 2.00 bits per heavy atom. The van der Waals surface area contributed by atoms with Gasteiger partial charge in [0.1, 0.15) is 5.75 Å². The van der Waals surface area contributed by atoms with E-state index in [0.29, 0.717) is 0 Å². The molecule has 0 spiro atoms. The number of hydrogen-bond donors (Lipinski definition) is 0. The number of hydrogen-bond acceptors (Lipinski definition) is 3. The summed E-state index contributed by atoms with van der Waals surface area (Å²) in [7, 11) is -4.34. The minimum Gasteiger partial charge on any atom is -0.378 e. The summed E-state index contributed by atoms with van der Waals surface area (Å²) in [6, 6.07) is 0. The molecule has 0 unspecified atom stereocenters. The predicted molar refractivity (Wildman–Crippen MR) is 36.0 cm³/mol. The fourth-order valence-corrected chi connectivity index (χ4v) is 0.679. The first-order chi connectivity index (χ1) is 4.42. The second-order valence-corrected chi connectivity index (χ2v) is 3.65. The van der Waals surface area contributed by atoms with Crippen LogP contribution < -0.4 is 0 Å². The highest BCUT2D eigenvalue weighted by atomic mass is 32.3. The van der Waals surface area contributed by atoms with Crippen molar-refractivity contribution in [3.8, 4) is 0 Å². The van der Waals surface area contributed by atoms with Gasteiger partial charge in [-0.25, -0.2) is 0 Å². The minimum atomic E-state index is -4.34. The monoisotopic (exact) mass is 170 g/mol. The van der Waals surface area contributed by atoms with Gasteiger partial charge in [-0.15, -0.1) is 3.89 Å². The summed E-state index contributed by atoms with van der Waals surface area (Å²) >= 11 is 0. The second-order valence-electron chi connectivity index (χ2n) is 2.16. The Kier molecular flexibility index (Phi) is 3.81. The third-order valence-electron chi connectivity index (χ3n) is 0.778. The largest absolute Gasteiger partial charge is 0.378 e. The summed E-state index contributed by atoms with van der Waals surface area (Å²) in [5.41, 5.74) is 0. The second kappa shape index (κ2) is 3.88. The van der Waals surface area contributed by atoms with Gasteiger partial charge in [0.2, 0.25) is 0 Å².